The lowest BCUT2D eigenvalue weighted by molar-refractivity contribution is 0.0687. The van der Waals surface area contributed by atoms with Crippen LogP contribution in [0, 0.1) is 0 Å². The number of aromatic nitrogens is 2. The lowest BCUT2D eigenvalue weighted by Gasteiger charge is -2.07. The van der Waals surface area contributed by atoms with Crippen molar-refractivity contribution in [1.82, 2.24) is 9.72 Å². The van der Waals surface area contributed by atoms with E-state index < -0.39 is 5.97 Å². The molecule has 1 N–H and O–H groups in total. The predicted molar refractivity (Wildman–Crippen MR) is 118 cm³/mol. The van der Waals surface area contributed by atoms with Crippen LogP contribution in [0.2, 0.25) is 4.34 Å². The molecule has 0 aliphatic rings. The third-order valence-electron chi connectivity index (χ3n) is 4.93. The second-order valence-corrected chi connectivity index (χ2v) is 8.50. The number of aromatic carboxylic acids is 1. The molecule has 0 fully saturated rings. The van der Waals surface area contributed by atoms with Crippen molar-refractivity contribution in [2.24, 2.45) is 0 Å². The monoisotopic (exact) mass is 434 g/mol. The highest BCUT2D eigenvalue weighted by molar-refractivity contribution is 7.19. The Morgan fingerprint density at radius 1 is 1.07 bits per heavy atom. The summed E-state index contributed by atoms with van der Waals surface area (Å²) >= 11 is 7.42. The van der Waals surface area contributed by atoms with E-state index in [-0.39, 0.29) is 12.2 Å². The Morgan fingerprint density at radius 2 is 1.83 bits per heavy atom. The molecule has 0 amide bonds. The molecule has 148 valence electrons. The summed E-state index contributed by atoms with van der Waals surface area (Å²) in [6.45, 7) is 0.275. The van der Waals surface area contributed by atoms with Crippen LogP contribution < -0.4 is 0 Å². The van der Waals surface area contributed by atoms with E-state index in [1.54, 1.807) is 10.6 Å². The third-order valence-corrected chi connectivity index (χ3v) is 6.18. The average Bonchev–Trinajstić information content (AvgIpc) is 3.47. The standard InChI is InChI=1S/C23H15ClN2O3S/c24-20-11-10-19(30-20)18-12-15(25-29-18)13-26-17-9-5-4-8-16(17)21(22(26)23(27)28)14-6-2-1-3-7-14/h1-12H,13H2,(H,27,28). The SMILES string of the molecule is O=C(O)c1c(-c2ccccc2)c2ccccc2n1Cc1cc(-c2ccc(Cl)s2)on1. The fourth-order valence-corrected chi connectivity index (χ4v) is 4.69. The number of para-hydroxylation sites is 1. The van der Waals surface area contributed by atoms with Crippen LogP contribution in [-0.4, -0.2) is 20.8 Å². The molecule has 0 bridgehead atoms. The molecule has 30 heavy (non-hydrogen) atoms. The van der Waals surface area contributed by atoms with Gasteiger partial charge in [0.25, 0.3) is 0 Å². The van der Waals surface area contributed by atoms with Gasteiger partial charge in [0.05, 0.1) is 15.8 Å². The first-order valence-corrected chi connectivity index (χ1v) is 10.4. The Morgan fingerprint density at radius 3 is 2.57 bits per heavy atom. The van der Waals surface area contributed by atoms with Gasteiger partial charge >= 0.3 is 5.97 Å². The van der Waals surface area contributed by atoms with Crippen LogP contribution in [0.1, 0.15) is 16.2 Å². The predicted octanol–water partition coefficient (Wildman–Crippen LogP) is 6.42. The molecule has 5 nitrogen and oxygen atoms in total. The quantitative estimate of drug-likeness (QED) is 0.346. The molecule has 2 aromatic carbocycles. The van der Waals surface area contributed by atoms with Gasteiger partial charge in [-0.3, -0.25) is 0 Å². The van der Waals surface area contributed by atoms with Gasteiger partial charge in [0, 0.05) is 22.5 Å². The molecule has 0 spiro atoms. The third kappa shape index (κ3) is 3.20. The molecule has 7 heteroatoms. The summed E-state index contributed by atoms with van der Waals surface area (Å²) in [7, 11) is 0. The van der Waals surface area contributed by atoms with Crippen molar-refractivity contribution in [3.05, 3.63) is 88.5 Å². The largest absolute Gasteiger partial charge is 0.477 e. The minimum absolute atomic E-state index is 0.228. The van der Waals surface area contributed by atoms with Crippen molar-refractivity contribution < 1.29 is 14.4 Å². The van der Waals surface area contributed by atoms with Gasteiger partial charge in [-0.2, -0.15) is 0 Å². The van der Waals surface area contributed by atoms with Gasteiger partial charge in [0.2, 0.25) is 0 Å². The molecule has 0 aliphatic carbocycles. The zero-order valence-corrected chi connectivity index (χ0v) is 17.2. The topological polar surface area (TPSA) is 68.3 Å². The second kappa shape index (κ2) is 7.48. The maximum Gasteiger partial charge on any atom is 0.353 e. The maximum absolute atomic E-state index is 12.3. The molecule has 0 radical (unpaired) electrons. The molecular weight excluding hydrogens is 420 g/mol. The Bertz CT molecular complexity index is 1370. The number of rotatable bonds is 5. The van der Waals surface area contributed by atoms with Crippen LogP contribution in [0.5, 0.6) is 0 Å². The lowest BCUT2D eigenvalue weighted by Crippen LogP contribution is -2.10. The molecule has 0 saturated heterocycles. The van der Waals surface area contributed by atoms with Crippen molar-refractivity contribution in [3.8, 4) is 21.8 Å². The van der Waals surface area contributed by atoms with Crippen LogP contribution in [-0.2, 0) is 6.54 Å². The first-order chi connectivity index (χ1) is 14.6. The number of thiophene rings is 1. The molecule has 3 aromatic heterocycles. The summed E-state index contributed by atoms with van der Waals surface area (Å²) < 4.78 is 7.93. The highest BCUT2D eigenvalue weighted by Gasteiger charge is 2.24. The highest BCUT2D eigenvalue weighted by Crippen LogP contribution is 2.36. The maximum atomic E-state index is 12.3. The van der Waals surface area contributed by atoms with Gasteiger partial charge in [-0.05, 0) is 23.8 Å². The number of hydrogen-bond donors (Lipinski definition) is 1. The zero-order chi connectivity index (χ0) is 20.7. The summed E-state index contributed by atoms with van der Waals surface area (Å²) in [6, 6.07) is 22.8. The van der Waals surface area contributed by atoms with Crippen molar-refractivity contribution >= 4 is 39.8 Å². The number of carbonyl (C=O) groups is 1. The van der Waals surface area contributed by atoms with E-state index in [4.69, 9.17) is 16.1 Å². The molecular formula is C23H15ClN2O3S. The fourth-order valence-electron chi connectivity index (χ4n) is 3.70. The van der Waals surface area contributed by atoms with Crippen LogP contribution in [0.15, 0.2) is 77.3 Å². The van der Waals surface area contributed by atoms with Gasteiger partial charge in [0.15, 0.2) is 5.76 Å². The van der Waals surface area contributed by atoms with Crippen LogP contribution >= 0.6 is 22.9 Å². The number of nitrogens with zero attached hydrogens (tertiary/aromatic N) is 2. The van der Waals surface area contributed by atoms with Gasteiger partial charge in [-0.25, -0.2) is 4.79 Å². The zero-order valence-electron chi connectivity index (χ0n) is 15.6. The highest BCUT2D eigenvalue weighted by atomic mass is 35.5. The molecule has 0 unspecified atom stereocenters. The normalized spacial score (nSPS) is 11.2. The number of carboxylic acids is 1. The van der Waals surface area contributed by atoms with Gasteiger partial charge in [-0.1, -0.05) is 65.3 Å². The van der Waals surface area contributed by atoms with E-state index in [0.717, 1.165) is 21.3 Å². The van der Waals surface area contributed by atoms with Crippen molar-refractivity contribution in [1.29, 1.82) is 0 Å². The minimum Gasteiger partial charge on any atom is -0.477 e. The molecule has 0 aliphatic heterocycles. The first-order valence-electron chi connectivity index (χ1n) is 9.23. The van der Waals surface area contributed by atoms with Crippen LogP contribution in [0.4, 0.5) is 0 Å². The van der Waals surface area contributed by atoms with E-state index in [1.165, 1.54) is 11.3 Å². The number of benzene rings is 2. The first kappa shape index (κ1) is 18.7. The van der Waals surface area contributed by atoms with E-state index in [1.807, 2.05) is 66.7 Å². The second-order valence-electron chi connectivity index (χ2n) is 6.78. The van der Waals surface area contributed by atoms with Crippen LogP contribution in [0.3, 0.4) is 0 Å². The van der Waals surface area contributed by atoms with E-state index >= 15 is 0 Å². The number of carboxylic acid groups (broad SMARTS) is 1. The molecule has 5 aromatic rings. The van der Waals surface area contributed by atoms with E-state index in [2.05, 4.69) is 5.16 Å². The van der Waals surface area contributed by atoms with Crippen molar-refractivity contribution in [3.63, 3.8) is 0 Å². The molecule has 5 rings (SSSR count). The Kier molecular flexibility index (Phi) is 4.65. The Labute approximate surface area is 180 Å². The summed E-state index contributed by atoms with van der Waals surface area (Å²) in [4.78, 5) is 13.2. The minimum atomic E-state index is -0.987. The average molecular weight is 435 g/mol. The van der Waals surface area contributed by atoms with Crippen molar-refractivity contribution in [2.75, 3.05) is 0 Å². The Hall–Kier alpha value is -3.35. The lowest BCUT2D eigenvalue weighted by atomic mass is 10.0. The van der Waals surface area contributed by atoms with Gasteiger partial charge in [-0.15, -0.1) is 11.3 Å². The Balaban J connectivity index is 1.66. The van der Waals surface area contributed by atoms with Gasteiger partial charge in [0.1, 0.15) is 11.4 Å². The van der Waals surface area contributed by atoms with Crippen molar-refractivity contribution in [2.45, 2.75) is 6.54 Å². The molecule has 3 heterocycles. The van der Waals surface area contributed by atoms with Crippen LogP contribution in [0.25, 0.3) is 32.7 Å². The molecule has 0 atom stereocenters. The number of hydrogen-bond acceptors (Lipinski definition) is 4. The summed E-state index contributed by atoms with van der Waals surface area (Å²) in [6.07, 6.45) is 0. The summed E-state index contributed by atoms with van der Waals surface area (Å²) in [5, 5.41) is 15.1. The smallest absolute Gasteiger partial charge is 0.353 e. The summed E-state index contributed by atoms with van der Waals surface area (Å²) in [5.41, 5.74) is 3.26. The fraction of sp³-hybridized carbons (Fsp3) is 0.0435. The summed E-state index contributed by atoms with van der Waals surface area (Å²) in [5.74, 6) is -0.377. The van der Waals surface area contributed by atoms with E-state index in [0.29, 0.717) is 21.4 Å². The number of halogens is 1. The van der Waals surface area contributed by atoms with E-state index in [9.17, 15) is 9.90 Å². The number of fused-ring (bicyclic) bond motifs is 1. The molecule has 0 saturated carbocycles. The van der Waals surface area contributed by atoms with Gasteiger partial charge < -0.3 is 14.2 Å².